The molecule has 3 heteroatoms. The van der Waals surface area contributed by atoms with Crippen molar-refractivity contribution in [1.82, 2.24) is 9.97 Å². The van der Waals surface area contributed by atoms with Crippen LogP contribution in [0.2, 0.25) is 0 Å². The van der Waals surface area contributed by atoms with Crippen LogP contribution in [0.15, 0.2) is 72.8 Å². The lowest BCUT2D eigenvalue weighted by Crippen LogP contribution is -1.90. The zero-order valence-corrected chi connectivity index (χ0v) is 13.8. The molecule has 0 spiro atoms. The van der Waals surface area contributed by atoms with Gasteiger partial charge >= 0.3 is 0 Å². The highest BCUT2D eigenvalue weighted by atomic mass is 16.5. The Morgan fingerprint density at radius 1 is 0.840 bits per heavy atom. The molecule has 1 N–H and O–H groups in total. The number of ether oxygens (including phenoxy) is 1. The highest BCUT2D eigenvalue weighted by molar-refractivity contribution is 6.21. The number of benzene rings is 3. The van der Waals surface area contributed by atoms with Crippen molar-refractivity contribution in [3.63, 3.8) is 0 Å². The average Bonchev–Trinajstić information content (AvgIpc) is 3.07. The van der Waals surface area contributed by atoms with Gasteiger partial charge in [-0.25, -0.2) is 4.98 Å². The van der Waals surface area contributed by atoms with Crippen LogP contribution >= 0.6 is 0 Å². The normalized spacial score (nSPS) is 11.4. The second-order valence-electron chi connectivity index (χ2n) is 6.13. The van der Waals surface area contributed by atoms with E-state index in [0.29, 0.717) is 0 Å². The molecule has 0 fully saturated rings. The summed E-state index contributed by atoms with van der Waals surface area (Å²) in [5.41, 5.74) is 5.30. The molecule has 0 saturated carbocycles. The molecule has 5 rings (SSSR count). The molecule has 120 valence electrons. The van der Waals surface area contributed by atoms with Crippen molar-refractivity contribution < 1.29 is 4.74 Å². The van der Waals surface area contributed by atoms with Gasteiger partial charge in [0, 0.05) is 27.2 Å². The third-order valence-electron chi connectivity index (χ3n) is 4.70. The molecule has 0 radical (unpaired) electrons. The molecule has 2 aromatic heterocycles. The number of aromatic amines is 1. The van der Waals surface area contributed by atoms with E-state index in [1.54, 1.807) is 7.11 Å². The van der Waals surface area contributed by atoms with Gasteiger partial charge in [0.05, 0.1) is 23.8 Å². The Morgan fingerprint density at radius 2 is 1.64 bits per heavy atom. The molecule has 0 saturated heterocycles. The highest BCUT2D eigenvalue weighted by Gasteiger charge is 2.15. The number of aromatic nitrogens is 2. The molecular formula is C22H16N2O. The number of nitrogens with one attached hydrogen (secondary N) is 1. The lowest BCUT2D eigenvalue weighted by atomic mass is 10.0. The summed E-state index contributed by atoms with van der Waals surface area (Å²) in [6.45, 7) is 0. The molecule has 0 aliphatic carbocycles. The van der Waals surface area contributed by atoms with Crippen molar-refractivity contribution >= 4 is 32.7 Å². The summed E-state index contributed by atoms with van der Waals surface area (Å²) < 4.78 is 5.42. The van der Waals surface area contributed by atoms with E-state index in [1.807, 2.05) is 18.2 Å². The van der Waals surface area contributed by atoms with Crippen LogP contribution in [0.3, 0.4) is 0 Å². The second kappa shape index (κ2) is 5.35. The fourth-order valence-electron chi connectivity index (χ4n) is 3.51. The van der Waals surface area contributed by atoms with Crippen molar-refractivity contribution in [3.05, 3.63) is 72.8 Å². The zero-order chi connectivity index (χ0) is 16.8. The van der Waals surface area contributed by atoms with E-state index < -0.39 is 0 Å². The third-order valence-corrected chi connectivity index (χ3v) is 4.70. The van der Waals surface area contributed by atoms with Gasteiger partial charge < -0.3 is 9.72 Å². The number of nitrogens with zero attached hydrogens (tertiary/aromatic N) is 1. The summed E-state index contributed by atoms with van der Waals surface area (Å²) in [7, 11) is 1.69. The summed E-state index contributed by atoms with van der Waals surface area (Å²) in [6.07, 6.45) is 0. The van der Waals surface area contributed by atoms with Crippen molar-refractivity contribution in [3.8, 4) is 17.0 Å². The number of rotatable bonds is 2. The summed E-state index contributed by atoms with van der Waals surface area (Å²) in [5, 5.41) is 3.42. The smallest absolute Gasteiger partial charge is 0.119 e. The van der Waals surface area contributed by atoms with Gasteiger partial charge in [-0.15, -0.1) is 0 Å². The molecule has 2 heterocycles. The van der Waals surface area contributed by atoms with Crippen LogP contribution in [0.1, 0.15) is 0 Å². The van der Waals surface area contributed by atoms with Crippen LogP contribution in [0.25, 0.3) is 44.0 Å². The Morgan fingerprint density at radius 3 is 2.48 bits per heavy atom. The fraction of sp³-hybridized carbons (Fsp3) is 0.0455. The van der Waals surface area contributed by atoms with E-state index in [2.05, 4.69) is 59.6 Å². The summed E-state index contributed by atoms with van der Waals surface area (Å²) in [5.74, 6) is 0.835. The first-order valence-corrected chi connectivity index (χ1v) is 8.29. The third kappa shape index (κ3) is 2.09. The van der Waals surface area contributed by atoms with E-state index in [9.17, 15) is 0 Å². The Bertz CT molecular complexity index is 1220. The van der Waals surface area contributed by atoms with Crippen molar-refractivity contribution in [1.29, 1.82) is 0 Å². The van der Waals surface area contributed by atoms with Crippen LogP contribution in [-0.2, 0) is 0 Å². The number of fused-ring (bicyclic) bond motifs is 5. The molecule has 3 nitrogen and oxygen atoms in total. The number of methoxy groups -OCH3 is 1. The molecule has 0 aliphatic rings. The monoisotopic (exact) mass is 324 g/mol. The molecule has 3 aromatic carbocycles. The van der Waals surface area contributed by atoms with Gasteiger partial charge in [-0.05, 0) is 24.3 Å². The molecule has 0 atom stereocenters. The first-order chi connectivity index (χ1) is 12.3. The minimum Gasteiger partial charge on any atom is -0.497 e. The van der Waals surface area contributed by atoms with Crippen LogP contribution in [0, 0.1) is 0 Å². The van der Waals surface area contributed by atoms with Gasteiger partial charge in [0.1, 0.15) is 5.75 Å². The number of pyridine rings is 1. The summed E-state index contributed by atoms with van der Waals surface area (Å²) in [4.78, 5) is 8.58. The average molecular weight is 324 g/mol. The van der Waals surface area contributed by atoms with Gasteiger partial charge in [0.2, 0.25) is 0 Å². The largest absolute Gasteiger partial charge is 0.497 e. The predicted molar refractivity (Wildman–Crippen MR) is 103 cm³/mol. The second-order valence-corrected chi connectivity index (χ2v) is 6.13. The van der Waals surface area contributed by atoms with Gasteiger partial charge in [0.15, 0.2) is 0 Å². The van der Waals surface area contributed by atoms with Crippen LogP contribution in [0.5, 0.6) is 5.75 Å². The van der Waals surface area contributed by atoms with E-state index in [0.717, 1.165) is 44.3 Å². The first-order valence-electron chi connectivity index (χ1n) is 8.29. The molecule has 0 amide bonds. The predicted octanol–water partition coefficient (Wildman–Crippen LogP) is 5.54. The van der Waals surface area contributed by atoms with Crippen molar-refractivity contribution in [2.24, 2.45) is 0 Å². The fourth-order valence-corrected chi connectivity index (χ4v) is 3.51. The number of para-hydroxylation sites is 1. The lowest BCUT2D eigenvalue weighted by molar-refractivity contribution is 0.415. The standard InChI is InChI=1S/C22H16N2O/c1-25-15-11-12-19-17(13-15)22-20(16-9-5-6-10-18(16)24-22)21(23-19)14-7-3-2-4-8-14/h2-13,24H,1H3. The van der Waals surface area contributed by atoms with Gasteiger partial charge in [-0.2, -0.15) is 0 Å². The Labute approximate surface area is 144 Å². The molecular weight excluding hydrogens is 308 g/mol. The highest BCUT2D eigenvalue weighted by Crippen LogP contribution is 2.38. The Kier molecular flexibility index (Phi) is 3.01. The minimum absolute atomic E-state index is 0.835. The first kappa shape index (κ1) is 14.1. The van der Waals surface area contributed by atoms with Crippen molar-refractivity contribution in [2.75, 3.05) is 7.11 Å². The Balaban J connectivity index is 2.01. The van der Waals surface area contributed by atoms with Gasteiger partial charge in [-0.1, -0.05) is 48.5 Å². The Hall–Kier alpha value is -3.33. The molecule has 25 heavy (non-hydrogen) atoms. The minimum atomic E-state index is 0.835. The number of hydrogen-bond acceptors (Lipinski definition) is 2. The number of hydrogen-bond donors (Lipinski definition) is 1. The van der Waals surface area contributed by atoms with Crippen LogP contribution in [-0.4, -0.2) is 17.1 Å². The molecule has 0 aliphatic heterocycles. The van der Waals surface area contributed by atoms with E-state index in [1.165, 1.54) is 5.39 Å². The van der Waals surface area contributed by atoms with Crippen LogP contribution in [0.4, 0.5) is 0 Å². The van der Waals surface area contributed by atoms with E-state index in [-0.39, 0.29) is 0 Å². The number of H-pyrrole nitrogens is 1. The van der Waals surface area contributed by atoms with E-state index >= 15 is 0 Å². The topological polar surface area (TPSA) is 37.9 Å². The quantitative estimate of drug-likeness (QED) is 0.462. The summed E-state index contributed by atoms with van der Waals surface area (Å²) in [6, 6.07) is 24.8. The molecule has 0 bridgehead atoms. The van der Waals surface area contributed by atoms with Crippen molar-refractivity contribution in [2.45, 2.75) is 0 Å². The SMILES string of the molecule is COc1ccc2nc(-c3ccccc3)c3c4ccccc4[nH]c3c2c1. The van der Waals surface area contributed by atoms with Gasteiger partial charge in [-0.3, -0.25) is 0 Å². The van der Waals surface area contributed by atoms with Crippen LogP contribution < -0.4 is 4.74 Å². The lowest BCUT2D eigenvalue weighted by Gasteiger charge is -2.08. The maximum absolute atomic E-state index is 5.42. The zero-order valence-electron chi connectivity index (χ0n) is 13.8. The molecule has 5 aromatic rings. The maximum atomic E-state index is 5.42. The summed E-state index contributed by atoms with van der Waals surface area (Å²) >= 11 is 0. The molecule has 0 unspecified atom stereocenters. The maximum Gasteiger partial charge on any atom is 0.119 e. The van der Waals surface area contributed by atoms with Gasteiger partial charge in [0.25, 0.3) is 0 Å². The van der Waals surface area contributed by atoms with E-state index in [4.69, 9.17) is 9.72 Å².